The Morgan fingerprint density at radius 1 is 1.25 bits per heavy atom. The van der Waals surface area contributed by atoms with Gasteiger partial charge in [-0.15, -0.1) is 0 Å². The van der Waals surface area contributed by atoms with E-state index in [0.717, 1.165) is 13.0 Å². The summed E-state index contributed by atoms with van der Waals surface area (Å²) in [7, 11) is 0. The lowest BCUT2D eigenvalue weighted by Gasteiger charge is -2.09. The summed E-state index contributed by atoms with van der Waals surface area (Å²) in [5.41, 5.74) is 8.29. The van der Waals surface area contributed by atoms with Crippen molar-refractivity contribution in [3.8, 4) is 0 Å². The summed E-state index contributed by atoms with van der Waals surface area (Å²) in [6.45, 7) is 6.13. The molecule has 0 bridgehead atoms. The molecule has 0 aliphatic heterocycles. The minimum Gasteiger partial charge on any atom is -0.347 e. The molecule has 1 aromatic heterocycles. The van der Waals surface area contributed by atoms with Crippen LogP contribution in [0.15, 0.2) is 12.1 Å². The Morgan fingerprint density at radius 3 is 2.42 bits per heavy atom. The second-order valence-electron chi connectivity index (χ2n) is 3.03. The van der Waals surface area contributed by atoms with Crippen molar-refractivity contribution in [2.45, 2.75) is 39.8 Å². The van der Waals surface area contributed by atoms with Gasteiger partial charge >= 0.3 is 0 Å². The third-order valence-corrected chi connectivity index (χ3v) is 2.18. The van der Waals surface area contributed by atoms with Crippen molar-refractivity contribution in [1.29, 1.82) is 0 Å². The van der Waals surface area contributed by atoms with Gasteiger partial charge < -0.3 is 10.3 Å². The fourth-order valence-corrected chi connectivity index (χ4v) is 1.55. The van der Waals surface area contributed by atoms with Crippen LogP contribution in [0, 0.1) is 0 Å². The number of aryl methyl sites for hydroxylation is 1. The lowest BCUT2D eigenvalue weighted by atomic mass is 10.3. The van der Waals surface area contributed by atoms with Crippen molar-refractivity contribution in [1.82, 2.24) is 4.57 Å². The average Bonchev–Trinajstić information content (AvgIpc) is 2.48. The van der Waals surface area contributed by atoms with E-state index in [1.807, 2.05) is 0 Å². The highest BCUT2D eigenvalue weighted by Crippen LogP contribution is 2.10. The lowest BCUT2D eigenvalue weighted by Crippen LogP contribution is -2.09. The third-order valence-electron chi connectivity index (χ3n) is 2.18. The molecule has 0 aromatic carbocycles. The van der Waals surface area contributed by atoms with Crippen LogP contribution in [0.25, 0.3) is 0 Å². The zero-order valence-electron chi connectivity index (χ0n) is 8.01. The third kappa shape index (κ3) is 1.69. The van der Waals surface area contributed by atoms with Gasteiger partial charge in [0.1, 0.15) is 0 Å². The van der Waals surface area contributed by atoms with Crippen LogP contribution in [-0.2, 0) is 19.5 Å². The van der Waals surface area contributed by atoms with E-state index in [1.165, 1.54) is 17.8 Å². The number of nitrogens with zero attached hydrogens (tertiary/aromatic N) is 1. The van der Waals surface area contributed by atoms with E-state index in [0.29, 0.717) is 6.54 Å². The Morgan fingerprint density at radius 2 is 1.92 bits per heavy atom. The topological polar surface area (TPSA) is 30.9 Å². The maximum atomic E-state index is 5.63. The Hall–Kier alpha value is -0.760. The Kier molecular flexibility index (Phi) is 3.35. The first-order valence-electron chi connectivity index (χ1n) is 4.70. The summed E-state index contributed by atoms with van der Waals surface area (Å²) in [5.74, 6) is 0. The zero-order valence-corrected chi connectivity index (χ0v) is 8.01. The Balaban J connectivity index is 2.90. The molecule has 0 radical (unpaired) electrons. The Bertz CT molecular complexity index is 216. The maximum Gasteiger partial charge on any atom is 0.0334 e. The quantitative estimate of drug-likeness (QED) is 0.728. The fourth-order valence-electron chi connectivity index (χ4n) is 1.55. The van der Waals surface area contributed by atoms with Crippen molar-refractivity contribution in [3.05, 3.63) is 23.5 Å². The molecule has 0 unspecified atom stereocenters. The summed E-state index contributed by atoms with van der Waals surface area (Å²) in [6, 6.07) is 4.31. The average molecular weight is 166 g/mol. The van der Waals surface area contributed by atoms with E-state index in [1.54, 1.807) is 0 Å². The van der Waals surface area contributed by atoms with E-state index >= 15 is 0 Å². The van der Waals surface area contributed by atoms with Crippen molar-refractivity contribution < 1.29 is 0 Å². The van der Waals surface area contributed by atoms with Gasteiger partial charge in [0.05, 0.1) is 0 Å². The predicted molar refractivity (Wildman–Crippen MR) is 52.0 cm³/mol. The van der Waals surface area contributed by atoms with Gasteiger partial charge in [-0.05, 0) is 25.0 Å². The molecule has 2 nitrogen and oxygen atoms in total. The highest BCUT2D eigenvalue weighted by molar-refractivity contribution is 5.16. The van der Waals surface area contributed by atoms with Crippen LogP contribution in [-0.4, -0.2) is 4.57 Å². The first kappa shape index (κ1) is 9.33. The normalized spacial score (nSPS) is 10.6. The van der Waals surface area contributed by atoms with Crippen molar-refractivity contribution in [2.24, 2.45) is 5.73 Å². The summed E-state index contributed by atoms with van der Waals surface area (Å²) >= 11 is 0. The molecule has 12 heavy (non-hydrogen) atoms. The molecule has 0 amide bonds. The van der Waals surface area contributed by atoms with E-state index in [-0.39, 0.29) is 0 Å². The second kappa shape index (κ2) is 4.31. The number of rotatable bonds is 4. The summed E-state index contributed by atoms with van der Waals surface area (Å²) < 4.78 is 2.33. The van der Waals surface area contributed by atoms with Gasteiger partial charge in [0.2, 0.25) is 0 Å². The van der Waals surface area contributed by atoms with E-state index in [4.69, 9.17) is 5.73 Å². The number of hydrogen-bond acceptors (Lipinski definition) is 1. The van der Waals surface area contributed by atoms with Gasteiger partial charge in [-0.1, -0.05) is 13.8 Å². The highest BCUT2D eigenvalue weighted by Gasteiger charge is 2.03. The van der Waals surface area contributed by atoms with Crippen LogP contribution < -0.4 is 5.73 Å². The lowest BCUT2D eigenvalue weighted by molar-refractivity contribution is 0.623. The smallest absolute Gasteiger partial charge is 0.0334 e. The number of hydrogen-bond donors (Lipinski definition) is 1. The molecule has 1 heterocycles. The van der Waals surface area contributed by atoms with Crippen molar-refractivity contribution >= 4 is 0 Å². The SMILES string of the molecule is CCCn1c(CC)ccc1CN. The van der Waals surface area contributed by atoms with Gasteiger partial charge in [0.15, 0.2) is 0 Å². The molecule has 0 atom stereocenters. The van der Waals surface area contributed by atoms with Crippen LogP contribution in [0.5, 0.6) is 0 Å². The molecule has 0 aliphatic rings. The number of aromatic nitrogens is 1. The van der Waals surface area contributed by atoms with E-state index in [9.17, 15) is 0 Å². The largest absolute Gasteiger partial charge is 0.347 e. The molecule has 0 saturated carbocycles. The van der Waals surface area contributed by atoms with Crippen LogP contribution in [0.3, 0.4) is 0 Å². The molecule has 0 saturated heterocycles. The van der Waals surface area contributed by atoms with Gasteiger partial charge in [-0.2, -0.15) is 0 Å². The van der Waals surface area contributed by atoms with Gasteiger partial charge in [0.25, 0.3) is 0 Å². The first-order valence-corrected chi connectivity index (χ1v) is 4.70. The molecule has 68 valence electrons. The second-order valence-corrected chi connectivity index (χ2v) is 3.03. The minimum atomic E-state index is 0.653. The summed E-state index contributed by atoms with van der Waals surface area (Å²) in [4.78, 5) is 0. The molecule has 2 N–H and O–H groups in total. The molecular formula is C10H18N2. The maximum absolute atomic E-state index is 5.63. The first-order chi connectivity index (χ1) is 5.83. The van der Waals surface area contributed by atoms with Gasteiger partial charge in [-0.25, -0.2) is 0 Å². The molecular weight excluding hydrogens is 148 g/mol. The molecule has 0 spiro atoms. The zero-order chi connectivity index (χ0) is 8.97. The predicted octanol–water partition coefficient (Wildman–Crippen LogP) is 1.92. The standard InChI is InChI=1S/C10H18N2/c1-3-7-12-9(4-2)5-6-10(12)8-11/h5-6H,3-4,7-8,11H2,1-2H3. The van der Waals surface area contributed by atoms with Crippen LogP contribution in [0.2, 0.25) is 0 Å². The van der Waals surface area contributed by atoms with Crippen molar-refractivity contribution in [2.75, 3.05) is 0 Å². The molecule has 1 aromatic rings. The monoisotopic (exact) mass is 166 g/mol. The van der Waals surface area contributed by atoms with E-state index < -0.39 is 0 Å². The van der Waals surface area contributed by atoms with Gasteiger partial charge in [0, 0.05) is 24.5 Å². The van der Waals surface area contributed by atoms with Crippen LogP contribution in [0.1, 0.15) is 31.7 Å². The number of nitrogens with two attached hydrogens (primary N) is 1. The Labute approximate surface area is 74.4 Å². The molecule has 1 rings (SSSR count). The highest BCUT2D eigenvalue weighted by atomic mass is 15.0. The molecule has 0 fully saturated rings. The van der Waals surface area contributed by atoms with Crippen LogP contribution in [0.4, 0.5) is 0 Å². The molecule has 2 heteroatoms. The van der Waals surface area contributed by atoms with Crippen molar-refractivity contribution in [3.63, 3.8) is 0 Å². The van der Waals surface area contributed by atoms with E-state index in [2.05, 4.69) is 30.5 Å². The summed E-state index contributed by atoms with van der Waals surface area (Å²) in [5, 5.41) is 0. The molecule has 0 aliphatic carbocycles. The minimum absolute atomic E-state index is 0.653. The van der Waals surface area contributed by atoms with Crippen LogP contribution >= 0.6 is 0 Å². The summed E-state index contributed by atoms with van der Waals surface area (Å²) in [6.07, 6.45) is 2.27. The van der Waals surface area contributed by atoms with Gasteiger partial charge in [-0.3, -0.25) is 0 Å². The fraction of sp³-hybridized carbons (Fsp3) is 0.600.